The summed E-state index contributed by atoms with van der Waals surface area (Å²) < 4.78 is 6.01. The van der Waals surface area contributed by atoms with Crippen LogP contribution >= 0.6 is 27.5 Å². The summed E-state index contributed by atoms with van der Waals surface area (Å²) in [7, 11) is 1.54. The zero-order valence-electron chi connectivity index (χ0n) is 14.6. The molecule has 0 radical (unpaired) electrons. The molecule has 0 atom stereocenters. The van der Waals surface area contributed by atoms with Crippen molar-refractivity contribution in [2.45, 2.75) is 18.9 Å². The van der Waals surface area contributed by atoms with E-state index in [1.165, 1.54) is 7.11 Å². The van der Waals surface area contributed by atoms with E-state index in [0.717, 1.165) is 12.8 Å². The predicted molar refractivity (Wildman–Crippen MR) is 110 cm³/mol. The predicted octanol–water partition coefficient (Wildman–Crippen LogP) is 4.05. The Morgan fingerprint density at radius 2 is 2.04 bits per heavy atom. The average molecular weight is 453 g/mol. The third-order valence-corrected chi connectivity index (χ3v) is 4.78. The molecule has 2 amide bonds. The SMILES string of the molecule is COc1c(Br)cc(Cl)cc1NCC(=O)Nc1cccc(C(=O)NC2CC2)c1. The van der Waals surface area contributed by atoms with Crippen LogP contribution in [0.2, 0.25) is 5.02 Å². The molecule has 0 bridgehead atoms. The van der Waals surface area contributed by atoms with Gasteiger partial charge in [0, 0.05) is 22.3 Å². The number of hydrogen-bond acceptors (Lipinski definition) is 4. The molecule has 8 heteroatoms. The number of hydrogen-bond donors (Lipinski definition) is 3. The fraction of sp³-hybridized carbons (Fsp3) is 0.263. The summed E-state index contributed by atoms with van der Waals surface area (Å²) in [5.74, 6) is 0.180. The van der Waals surface area contributed by atoms with Gasteiger partial charge in [-0.05, 0) is 59.1 Å². The molecule has 142 valence electrons. The van der Waals surface area contributed by atoms with Crippen LogP contribution in [0, 0.1) is 0 Å². The van der Waals surface area contributed by atoms with Crippen LogP contribution in [0.1, 0.15) is 23.2 Å². The molecule has 1 fully saturated rings. The molecule has 0 unspecified atom stereocenters. The van der Waals surface area contributed by atoms with Gasteiger partial charge in [-0.3, -0.25) is 9.59 Å². The van der Waals surface area contributed by atoms with E-state index in [1.807, 2.05) is 0 Å². The van der Waals surface area contributed by atoms with Crippen LogP contribution in [0.25, 0.3) is 0 Å². The van der Waals surface area contributed by atoms with Crippen LogP contribution < -0.4 is 20.7 Å². The summed E-state index contributed by atoms with van der Waals surface area (Å²) in [4.78, 5) is 24.4. The van der Waals surface area contributed by atoms with Crippen molar-refractivity contribution in [1.29, 1.82) is 0 Å². The minimum atomic E-state index is -0.257. The van der Waals surface area contributed by atoms with Crippen LogP contribution in [0.15, 0.2) is 40.9 Å². The largest absolute Gasteiger partial charge is 0.493 e. The maximum atomic E-state index is 12.3. The van der Waals surface area contributed by atoms with Crippen molar-refractivity contribution >= 4 is 50.7 Å². The Morgan fingerprint density at radius 1 is 1.26 bits per heavy atom. The first kappa shape index (κ1) is 19.5. The van der Waals surface area contributed by atoms with E-state index in [4.69, 9.17) is 16.3 Å². The number of ether oxygens (including phenoxy) is 1. The molecule has 2 aromatic carbocycles. The van der Waals surface area contributed by atoms with E-state index < -0.39 is 0 Å². The lowest BCUT2D eigenvalue weighted by atomic mass is 10.2. The molecule has 1 aliphatic carbocycles. The maximum Gasteiger partial charge on any atom is 0.251 e. The molecule has 1 aliphatic rings. The van der Waals surface area contributed by atoms with Gasteiger partial charge in [0.1, 0.15) is 0 Å². The highest BCUT2D eigenvalue weighted by atomic mass is 79.9. The van der Waals surface area contributed by atoms with Gasteiger partial charge in [-0.25, -0.2) is 0 Å². The number of anilines is 2. The number of benzene rings is 2. The van der Waals surface area contributed by atoms with Gasteiger partial charge >= 0.3 is 0 Å². The molecular formula is C19H19BrClN3O3. The second-order valence-corrected chi connectivity index (χ2v) is 7.49. The van der Waals surface area contributed by atoms with E-state index in [1.54, 1.807) is 36.4 Å². The van der Waals surface area contributed by atoms with Crippen molar-refractivity contribution in [1.82, 2.24) is 5.32 Å². The van der Waals surface area contributed by atoms with Gasteiger partial charge in [0.05, 0.1) is 23.8 Å². The second kappa shape index (κ2) is 8.63. The van der Waals surface area contributed by atoms with Gasteiger partial charge in [0.25, 0.3) is 5.91 Å². The van der Waals surface area contributed by atoms with Crippen molar-refractivity contribution in [3.63, 3.8) is 0 Å². The van der Waals surface area contributed by atoms with E-state index in [0.29, 0.717) is 32.2 Å². The molecule has 6 nitrogen and oxygen atoms in total. The van der Waals surface area contributed by atoms with Crippen molar-refractivity contribution in [3.8, 4) is 5.75 Å². The molecule has 0 saturated heterocycles. The highest BCUT2D eigenvalue weighted by molar-refractivity contribution is 9.10. The van der Waals surface area contributed by atoms with Crippen molar-refractivity contribution < 1.29 is 14.3 Å². The fourth-order valence-corrected chi connectivity index (χ4v) is 3.49. The Kier molecular flexibility index (Phi) is 6.23. The molecule has 0 aromatic heterocycles. The topological polar surface area (TPSA) is 79.5 Å². The monoisotopic (exact) mass is 451 g/mol. The number of carbonyl (C=O) groups excluding carboxylic acids is 2. The number of methoxy groups -OCH3 is 1. The van der Waals surface area contributed by atoms with E-state index in [-0.39, 0.29) is 24.4 Å². The molecule has 0 aliphatic heterocycles. The Bertz CT molecular complexity index is 871. The highest BCUT2D eigenvalue weighted by Gasteiger charge is 2.23. The molecule has 27 heavy (non-hydrogen) atoms. The fourth-order valence-electron chi connectivity index (χ4n) is 2.51. The van der Waals surface area contributed by atoms with Crippen LogP contribution in [0.3, 0.4) is 0 Å². The Morgan fingerprint density at radius 3 is 2.74 bits per heavy atom. The van der Waals surface area contributed by atoms with E-state index in [9.17, 15) is 9.59 Å². The van der Waals surface area contributed by atoms with Crippen molar-refractivity contribution in [2.24, 2.45) is 0 Å². The van der Waals surface area contributed by atoms with Gasteiger partial charge < -0.3 is 20.7 Å². The summed E-state index contributed by atoms with van der Waals surface area (Å²) in [6.07, 6.45) is 2.05. The normalized spacial score (nSPS) is 13.0. The first-order chi connectivity index (χ1) is 13.0. The number of halogens is 2. The third-order valence-electron chi connectivity index (χ3n) is 3.97. The van der Waals surface area contributed by atoms with Gasteiger partial charge in [-0.2, -0.15) is 0 Å². The molecule has 0 spiro atoms. The highest BCUT2D eigenvalue weighted by Crippen LogP contribution is 2.36. The summed E-state index contributed by atoms with van der Waals surface area (Å²) in [6, 6.07) is 10.5. The van der Waals surface area contributed by atoms with Crippen molar-refractivity contribution in [2.75, 3.05) is 24.3 Å². The lowest BCUT2D eigenvalue weighted by Crippen LogP contribution is -2.26. The number of rotatable bonds is 7. The molecule has 2 aromatic rings. The lowest BCUT2D eigenvalue weighted by molar-refractivity contribution is -0.114. The molecule has 3 rings (SSSR count). The van der Waals surface area contributed by atoms with Gasteiger partial charge in [0.2, 0.25) is 5.91 Å². The Labute approximate surface area is 170 Å². The minimum Gasteiger partial charge on any atom is -0.493 e. The smallest absolute Gasteiger partial charge is 0.251 e. The zero-order chi connectivity index (χ0) is 19.4. The van der Waals surface area contributed by atoms with Crippen LogP contribution in [0.4, 0.5) is 11.4 Å². The summed E-state index contributed by atoms with van der Waals surface area (Å²) in [5.41, 5.74) is 1.68. The van der Waals surface area contributed by atoms with E-state index in [2.05, 4.69) is 31.9 Å². The maximum absolute atomic E-state index is 12.3. The first-order valence-corrected chi connectivity index (χ1v) is 9.61. The van der Waals surface area contributed by atoms with Crippen LogP contribution in [-0.4, -0.2) is 31.5 Å². The summed E-state index contributed by atoms with van der Waals surface area (Å²) >= 11 is 9.42. The number of nitrogens with one attached hydrogen (secondary N) is 3. The van der Waals surface area contributed by atoms with Crippen molar-refractivity contribution in [3.05, 3.63) is 51.5 Å². The molecule has 3 N–H and O–H groups in total. The first-order valence-electron chi connectivity index (χ1n) is 8.44. The minimum absolute atomic E-state index is 0.0155. The van der Waals surface area contributed by atoms with E-state index >= 15 is 0 Å². The Balaban J connectivity index is 1.60. The molecule has 0 heterocycles. The second-order valence-electron chi connectivity index (χ2n) is 6.20. The summed E-state index contributed by atoms with van der Waals surface area (Å²) in [6.45, 7) is 0.0155. The van der Waals surface area contributed by atoms with Gasteiger partial charge in [0.15, 0.2) is 5.75 Å². The lowest BCUT2D eigenvalue weighted by Gasteiger charge is -2.13. The zero-order valence-corrected chi connectivity index (χ0v) is 17.0. The Hall–Kier alpha value is -2.25. The molecule has 1 saturated carbocycles. The van der Waals surface area contributed by atoms with Crippen LogP contribution in [0.5, 0.6) is 5.75 Å². The van der Waals surface area contributed by atoms with Gasteiger partial charge in [-0.1, -0.05) is 17.7 Å². The van der Waals surface area contributed by atoms with Crippen LogP contribution in [-0.2, 0) is 4.79 Å². The summed E-state index contributed by atoms with van der Waals surface area (Å²) in [5, 5.41) is 9.22. The third kappa shape index (κ3) is 5.37. The standard InChI is InChI=1S/C19H19BrClN3O3/c1-27-18-15(20)8-12(21)9-16(18)22-10-17(25)23-14-4-2-3-11(7-14)19(26)24-13-5-6-13/h2-4,7-9,13,22H,5-6,10H2,1H3,(H,23,25)(H,24,26). The number of amides is 2. The quantitative estimate of drug-likeness (QED) is 0.592. The molecular weight excluding hydrogens is 434 g/mol. The van der Waals surface area contributed by atoms with Gasteiger partial charge in [-0.15, -0.1) is 0 Å². The average Bonchev–Trinajstić information content (AvgIpc) is 3.44. The number of carbonyl (C=O) groups is 2.